The number of hydrogen-bond donors (Lipinski definition) is 2. The molecular weight excluding hydrogens is 364 g/mol. The van der Waals surface area contributed by atoms with E-state index in [4.69, 9.17) is 4.74 Å². The Kier molecular flexibility index (Phi) is 6.47. The van der Waals surface area contributed by atoms with Crippen LogP contribution in [-0.2, 0) is 6.61 Å². The summed E-state index contributed by atoms with van der Waals surface area (Å²) >= 11 is 0. The molecule has 2 atom stereocenters. The third kappa shape index (κ3) is 5.81. The van der Waals surface area contributed by atoms with Crippen molar-refractivity contribution in [1.82, 2.24) is 10.2 Å². The van der Waals surface area contributed by atoms with Gasteiger partial charge in [-0.25, -0.2) is 0 Å². The van der Waals surface area contributed by atoms with Gasteiger partial charge in [0, 0.05) is 18.7 Å². The molecule has 1 saturated carbocycles. The van der Waals surface area contributed by atoms with Crippen LogP contribution in [0.5, 0.6) is 5.75 Å². The van der Waals surface area contributed by atoms with E-state index in [1.807, 2.05) is 42.5 Å². The maximum atomic E-state index is 12.7. The number of likely N-dealkylation sites (tertiary alicyclic amines) is 1. The van der Waals surface area contributed by atoms with Gasteiger partial charge in [0.15, 0.2) is 0 Å². The number of rotatable bonds is 7. The quantitative estimate of drug-likeness (QED) is 0.757. The summed E-state index contributed by atoms with van der Waals surface area (Å²) in [6.45, 7) is 3.32. The number of aliphatic hydroxyl groups excluding tert-OH is 1. The van der Waals surface area contributed by atoms with E-state index in [1.165, 1.54) is 12.8 Å². The van der Waals surface area contributed by atoms with Gasteiger partial charge in [0.05, 0.1) is 12.1 Å². The first-order valence-corrected chi connectivity index (χ1v) is 10.7. The molecule has 29 heavy (non-hydrogen) atoms. The Bertz CT molecular complexity index is 790. The summed E-state index contributed by atoms with van der Waals surface area (Å²) in [6.07, 6.45) is 3.85. The van der Waals surface area contributed by atoms with Gasteiger partial charge in [-0.15, -0.1) is 0 Å². The first-order valence-electron chi connectivity index (χ1n) is 10.7. The van der Waals surface area contributed by atoms with E-state index in [2.05, 4.69) is 10.2 Å². The predicted molar refractivity (Wildman–Crippen MR) is 113 cm³/mol. The minimum atomic E-state index is -0.489. The monoisotopic (exact) mass is 394 g/mol. The normalized spacial score (nSPS) is 22.7. The van der Waals surface area contributed by atoms with Crippen molar-refractivity contribution in [3.8, 4) is 5.75 Å². The maximum Gasteiger partial charge on any atom is 0.251 e. The molecule has 2 aromatic rings. The predicted octanol–water partition coefficient (Wildman–Crippen LogP) is 3.23. The standard InChI is InChI=1S/C24H30N2O3/c27-23-7-4-14-26(15-18-8-9-18)16-22(23)25-24(28)20-10-12-21(13-11-20)29-17-19-5-2-1-3-6-19/h1-3,5-6,10-13,18,22-23,27H,4,7-9,14-17H2,(H,25,28)/t22-,23-/m1/s1. The van der Waals surface area contributed by atoms with Crippen LogP contribution in [0.25, 0.3) is 0 Å². The van der Waals surface area contributed by atoms with Crippen molar-refractivity contribution >= 4 is 5.91 Å². The number of nitrogens with one attached hydrogen (secondary N) is 1. The summed E-state index contributed by atoms with van der Waals surface area (Å²) < 4.78 is 5.79. The molecule has 0 bridgehead atoms. The minimum Gasteiger partial charge on any atom is -0.489 e. The number of benzene rings is 2. The second kappa shape index (κ2) is 9.42. The summed E-state index contributed by atoms with van der Waals surface area (Å²) in [6, 6.07) is 17.0. The molecular formula is C24H30N2O3. The number of carbonyl (C=O) groups is 1. The van der Waals surface area contributed by atoms with E-state index < -0.39 is 6.10 Å². The van der Waals surface area contributed by atoms with Crippen LogP contribution >= 0.6 is 0 Å². The molecule has 0 aromatic heterocycles. The molecule has 0 radical (unpaired) electrons. The molecule has 2 aromatic carbocycles. The van der Waals surface area contributed by atoms with Crippen molar-refractivity contribution in [2.24, 2.45) is 5.92 Å². The molecule has 2 N–H and O–H groups in total. The first kappa shape index (κ1) is 19.9. The number of aliphatic hydroxyl groups is 1. The van der Waals surface area contributed by atoms with Gasteiger partial charge in [0.2, 0.25) is 0 Å². The first-order chi connectivity index (χ1) is 14.2. The van der Waals surface area contributed by atoms with Crippen LogP contribution in [0.4, 0.5) is 0 Å². The SMILES string of the molecule is O=C(N[C@@H]1CN(CC2CC2)CCC[C@H]1O)c1ccc(OCc2ccccc2)cc1. The highest BCUT2D eigenvalue weighted by Gasteiger charge is 2.30. The Morgan fingerprint density at radius 2 is 1.83 bits per heavy atom. The minimum absolute atomic E-state index is 0.142. The fourth-order valence-corrected chi connectivity index (χ4v) is 3.88. The number of carbonyl (C=O) groups excluding carboxylic acids is 1. The Hall–Kier alpha value is -2.37. The van der Waals surface area contributed by atoms with Crippen LogP contribution in [0.2, 0.25) is 0 Å². The zero-order chi connectivity index (χ0) is 20.1. The molecule has 1 heterocycles. The molecule has 5 heteroatoms. The molecule has 2 aliphatic rings. The van der Waals surface area contributed by atoms with Gasteiger partial charge in [-0.05, 0) is 68.0 Å². The van der Waals surface area contributed by atoms with Crippen LogP contribution in [-0.4, -0.2) is 47.7 Å². The lowest BCUT2D eigenvalue weighted by Crippen LogP contribution is -2.49. The molecule has 0 unspecified atom stereocenters. The Balaban J connectivity index is 1.32. The molecule has 1 aliphatic heterocycles. The largest absolute Gasteiger partial charge is 0.489 e. The average molecular weight is 395 g/mol. The second-order valence-electron chi connectivity index (χ2n) is 8.29. The lowest BCUT2D eigenvalue weighted by molar-refractivity contribution is 0.0799. The molecule has 0 spiro atoms. The summed E-state index contributed by atoms with van der Waals surface area (Å²) in [7, 11) is 0. The van der Waals surface area contributed by atoms with Gasteiger partial charge < -0.3 is 20.1 Å². The highest BCUT2D eigenvalue weighted by atomic mass is 16.5. The fraction of sp³-hybridized carbons (Fsp3) is 0.458. The van der Waals surface area contributed by atoms with Crippen molar-refractivity contribution in [3.63, 3.8) is 0 Å². The van der Waals surface area contributed by atoms with Gasteiger partial charge in [-0.3, -0.25) is 4.79 Å². The summed E-state index contributed by atoms with van der Waals surface area (Å²) in [5, 5.41) is 13.5. The van der Waals surface area contributed by atoms with E-state index in [9.17, 15) is 9.90 Å². The van der Waals surface area contributed by atoms with E-state index in [0.29, 0.717) is 12.2 Å². The van der Waals surface area contributed by atoms with Crippen LogP contribution in [0.3, 0.4) is 0 Å². The smallest absolute Gasteiger partial charge is 0.251 e. The number of amides is 1. The molecule has 1 saturated heterocycles. The summed E-state index contributed by atoms with van der Waals surface area (Å²) in [5.74, 6) is 1.40. The Labute approximate surface area is 172 Å². The van der Waals surface area contributed by atoms with Crippen LogP contribution in [0.1, 0.15) is 41.6 Å². The van der Waals surface area contributed by atoms with Crippen molar-refractivity contribution in [2.45, 2.75) is 44.4 Å². The molecule has 5 nitrogen and oxygen atoms in total. The number of hydrogen-bond acceptors (Lipinski definition) is 4. The van der Waals surface area contributed by atoms with E-state index in [1.54, 1.807) is 12.1 Å². The van der Waals surface area contributed by atoms with Gasteiger partial charge in [0.1, 0.15) is 12.4 Å². The van der Waals surface area contributed by atoms with Crippen LogP contribution < -0.4 is 10.1 Å². The molecule has 2 fully saturated rings. The van der Waals surface area contributed by atoms with Crippen LogP contribution in [0, 0.1) is 5.92 Å². The van der Waals surface area contributed by atoms with Gasteiger partial charge >= 0.3 is 0 Å². The van der Waals surface area contributed by atoms with E-state index in [0.717, 1.165) is 49.7 Å². The highest BCUT2D eigenvalue weighted by molar-refractivity contribution is 5.94. The molecule has 4 rings (SSSR count). The summed E-state index contributed by atoms with van der Waals surface area (Å²) in [4.78, 5) is 15.1. The lowest BCUT2D eigenvalue weighted by atomic mass is 10.1. The van der Waals surface area contributed by atoms with Gasteiger partial charge in [-0.1, -0.05) is 30.3 Å². The highest BCUT2D eigenvalue weighted by Crippen LogP contribution is 2.30. The topological polar surface area (TPSA) is 61.8 Å². The number of ether oxygens (including phenoxy) is 1. The molecule has 1 aliphatic carbocycles. The lowest BCUT2D eigenvalue weighted by Gasteiger charge is -2.27. The third-order valence-electron chi connectivity index (χ3n) is 5.79. The average Bonchev–Trinajstić information content (AvgIpc) is 3.57. The Morgan fingerprint density at radius 1 is 1.07 bits per heavy atom. The zero-order valence-corrected chi connectivity index (χ0v) is 16.8. The fourth-order valence-electron chi connectivity index (χ4n) is 3.88. The van der Waals surface area contributed by atoms with Crippen molar-refractivity contribution in [1.29, 1.82) is 0 Å². The van der Waals surface area contributed by atoms with Gasteiger partial charge in [0.25, 0.3) is 5.91 Å². The van der Waals surface area contributed by atoms with E-state index >= 15 is 0 Å². The molecule has 154 valence electrons. The van der Waals surface area contributed by atoms with Crippen molar-refractivity contribution in [3.05, 3.63) is 65.7 Å². The number of nitrogens with zero attached hydrogens (tertiary/aromatic N) is 1. The second-order valence-corrected chi connectivity index (χ2v) is 8.29. The Morgan fingerprint density at radius 3 is 2.55 bits per heavy atom. The van der Waals surface area contributed by atoms with Crippen molar-refractivity contribution < 1.29 is 14.6 Å². The van der Waals surface area contributed by atoms with E-state index in [-0.39, 0.29) is 11.9 Å². The van der Waals surface area contributed by atoms with Gasteiger partial charge in [-0.2, -0.15) is 0 Å². The third-order valence-corrected chi connectivity index (χ3v) is 5.79. The zero-order valence-electron chi connectivity index (χ0n) is 16.8. The van der Waals surface area contributed by atoms with Crippen molar-refractivity contribution in [2.75, 3.05) is 19.6 Å². The molecule has 1 amide bonds. The summed E-state index contributed by atoms with van der Waals surface area (Å²) in [5.41, 5.74) is 1.69. The van der Waals surface area contributed by atoms with Crippen LogP contribution in [0.15, 0.2) is 54.6 Å². The maximum absolute atomic E-state index is 12.7.